The van der Waals surface area contributed by atoms with E-state index in [4.69, 9.17) is 25.5 Å². The number of amides is 2. The summed E-state index contributed by atoms with van der Waals surface area (Å²) in [6, 6.07) is 18.1. The SMILES string of the molecule is COc1ccc(-c2ccc(/C=C3\SC(=O)N(CCOc4ccccc4)C3=O)o2)cc1Cl. The van der Waals surface area contributed by atoms with Gasteiger partial charge in [0.1, 0.15) is 29.6 Å². The number of carbonyl (C=O) groups excluding carboxylic acids is 2. The zero-order valence-corrected chi connectivity index (χ0v) is 18.1. The molecule has 0 spiro atoms. The van der Waals surface area contributed by atoms with Gasteiger partial charge >= 0.3 is 0 Å². The van der Waals surface area contributed by atoms with Gasteiger partial charge in [-0.3, -0.25) is 14.5 Å². The predicted molar refractivity (Wildman–Crippen MR) is 120 cm³/mol. The van der Waals surface area contributed by atoms with Crippen molar-refractivity contribution in [1.82, 2.24) is 4.90 Å². The van der Waals surface area contributed by atoms with Gasteiger partial charge in [-0.05, 0) is 54.2 Å². The first kappa shape index (κ1) is 21.1. The molecule has 0 bridgehead atoms. The van der Waals surface area contributed by atoms with Gasteiger partial charge in [0.05, 0.1) is 23.6 Å². The van der Waals surface area contributed by atoms with Gasteiger partial charge in [-0.15, -0.1) is 0 Å². The van der Waals surface area contributed by atoms with Crippen molar-refractivity contribution in [3.05, 3.63) is 76.4 Å². The molecule has 1 saturated heterocycles. The molecule has 0 radical (unpaired) electrons. The van der Waals surface area contributed by atoms with Crippen LogP contribution in [0, 0.1) is 0 Å². The van der Waals surface area contributed by atoms with Crippen molar-refractivity contribution in [2.45, 2.75) is 0 Å². The number of imide groups is 1. The Morgan fingerprint density at radius 3 is 2.65 bits per heavy atom. The topological polar surface area (TPSA) is 69.0 Å². The maximum atomic E-state index is 12.6. The second kappa shape index (κ2) is 9.32. The van der Waals surface area contributed by atoms with E-state index in [2.05, 4.69) is 0 Å². The van der Waals surface area contributed by atoms with Crippen molar-refractivity contribution in [1.29, 1.82) is 0 Å². The molecule has 4 rings (SSSR count). The van der Waals surface area contributed by atoms with Crippen LogP contribution in [-0.4, -0.2) is 36.3 Å². The molecule has 3 aromatic rings. The summed E-state index contributed by atoms with van der Waals surface area (Å²) < 4.78 is 16.6. The van der Waals surface area contributed by atoms with Crippen LogP contribution in [-0.2, 0) is 4.79 Å². The number of hydrogen-bond acceptors (Lipinski definition) is 6. The summed E-state index contributed by atoms with van der Waals surface area (Å²) in [7, 11) is 1.55. The van der Waals surface area contributed by atoms with Crippen LogP contribution in [0.2, 0.25) is 5.02 Å². The van der Waals surface area contributed by atoms with Crippen LogP contribution in [0.3, 0.4) is 0 Å². The molecule has 1 aromatic heterocycles. The molecule has 8 heteroatoms. The highest BCUT2D eigenvalue weighted by atomic mass is 35.5. The molecule has 6 nitrogen and oxygen atoms in total. The van der Waals surface area contributed by atoms with Crippen molar-refractivity contribution in [3.63, 3.8) is 0 Å². The van der Waals surface area contributed by atoms with E-state index in [1.54, 1.807) is 37.5 Å². The first-order valence-electron chi connectivity index (χ1n) is 9.42. The smallest absolute Gasteiger partial charge is 0.293 e. The van der Waals surface area contributed by atoms with Gasteiger partial charge in [0.25, 0.3) is 11.1 Å². The van der Waals surface area contributed by atoms with Crippen molar-refractivity contribution >= 4 is 40.6 Å². The molecule has 0 saturated carbocycles. The average Bonchev–Trinajstić information content (AvgIpc) is 3.34. The Balaban J connectivity index is 1.43. The zero-order valence-electron chi connectivity index (χ0n) is 16.5. The van der Waals surface area contributed by atoms with Crippen molar-refractivity contribution in [3.8, 4) is 22.8 Å². The highest BCUT2D eigenvalue weighted by molar-refractivity contribution is 8.18. The molecule has 158 valence electrons. The quantitative estimate of drug-likeness (QED) is 0.424. The number of methoxy groups -OCH3 is 1. The molecule has 0 N–H and O–H groups in total. The number of rotatable bonds is 7. The van der Waals surface area contributed by atoms with E-state index in [9.17, 15) is 9.59 Å². The minimum Gasteiger partial charge on any atom is -0.495 e. The molecule has 1 aliphatic rings. The maximum absolute atomic E-state index is 12.6. The van der Waals surface area contributed by atoms with Gasteiger partial charge in [-0.2, -0.15) is 0 Å². The Bertz CT molecular complexity index is 1140. The molecular weight excluding hydrogens is 438 g/mol. The Morgan fingerprint density at radius 2 is 1.90 bits per heavy atom. The van der Waals surface area contributed by atoms with E-state index in [1.807, 2.05) is 36.4 Å². The van der Waals surface area contributed by atoms with Crippen molar-refractivity contribution < 1.29 is 23.5 Å². The highest BCUT2D eigenvalue weighted by Crippen LogP contribution is 2.34. The predicted octanol–water partition coefficient (Wildman–Crippen LogP) is 5.72. The lowest BCUT2D eigenvalue weighted by molar-refractivity contribution is -0.123. The van der Waals surface area contributed by atoms with Gasteiger partial charge in [0.2, 0.25) is 0 Å². The summed E-state index contributed by atoms with van der Waals surface area (Å²) in [5, 5.41) is 0.137. The fourth-order valence-corrected chi connectivity index (χ4v) is 4.10. The molecule has 0 atom stereocenters. The summed E-state index contributed by atoms with van der Waals surface area (Å²) in [5.41, 5.74) is 0.775. The van der Waals surface area contributed by atoms with Gasteiger partial charge < -0.3 is 13.9 Å². The first-order chi connectivity index (χ1) is 15.0. The fraction of sp³-hybridized carbons (Fsp3) is 0.130. The van der Waals surface area contributed by atoms with Crippen LogP contribution in [0.15, 0.2) is 70.0 Å². The Labute approximate surface area is 188 Å². The number of benzene rings is 2. The summed E-state index contributed by atoms with van der Waals surface area (Å²) >= 11 is 7.06. The number of hydrogen-bond donors (Lipinski definition) is 0. The molecule has 0 unspecified atom stereocenters. The Hall–Kier alpha value is -3.16. The normalized spacial score (nSPS) is 15.0. The lowest BCUT2D eigenvalue weighted by atomic mass is 10.2. The van der Waals surface area contributed by atoms with E-state index in [1.165, 1.54) is 4.90 Å². The lowest BCUT2D eigenvalue weighted by Gasteiger charge is -2.13. The van der Waals surface area contributed by atoms with Crippen LogP contribution >= 0.6 is 23.4 Å². The molecule has 0 aliphatic carbocycles. The number of para-hydroxylation sites is 1. The van der Waals surface area contributed by atoms with Crippen LogP contribution in [0.4, 0.5) is 4.79 Å². The molecule has 31 heavy (non-hydrogen) atoms. The second-order valence-corrected chi connectivity index (χ2v) is 7.95. The molecule has 1 aliphatic heterocycles. The number of carbonyl (C=O) groups is 2. The van der Waals surface area contributed by atoms with E-state index >= 15 is 0 Å². The van der Waals surface area contributed by atoms with E-state index in [-0.39, 0.29) is 24.3 Å². The standard InChI is InChI=1S/C23H18ClNO5S/c1-28-20-9-7-15(13-18(20)24)19-10-8-17(30-19)14-21-22(26)25(23(27)31-21)11-12-29-16-5-3-2-4-6-16/h2-10,13-14H,11-12H2,1H3/b21-14-. The minimum atomic E-state index is -0.364. The van der Waals surface area contributed by atoms with Crippen molar-refractivity contribution in [2.24, 2.45) is 0 Å². The Morgan fingerprint density at radius 1 is 1.10 bits per heavy atom. The minimum absolute atomic E-state index is 0.171. The van der Waals surface area contributed by atoms with E-state index in [0.717, 1.165) is 17.3 Å². The van der Waals surface area contributed by atoms with Crippen LogP contribution in [0.25, 0.3) is 17.4 Å². The number of furan rings is 1. The van der Waals surface area contributed by atoms with Crippen LogP contribution in [0.5, 0.6) is 11.5 Å². The third kappa shape index (κ3) is 4.78. The average molecular weight is 456 g/mol. The van der Waals surface area contributed by atoms with Gasteiger partial charge in [0, 0.05) is 11.6 Å². The molecule has 1 fully saturated rings. The zero-order chi connectivity index (χ0) is 21.8. The summed E-state index contributed by atoms with van der Waals surface area (Å²) in [4.78, 5) is 26.4. The van der Waals surface area contributed by atoms with Crippen molar-refractivity contribution in [2.75, 3.05) is 20.3 Å². The number of ether oxygens (including phenoxy) is 2. The summed E-state index contributed by atoms with van der Waals surface area (Å²) in [6.07, 6.45) is 1.57. The number of thioether (sulfide) groups is 1. The van der Waals surface area contributed by atoms with Crippen LogP contribution in [0.1, 0.15) is 5.76 Å². The number of nitrogens with zero attached hydrogens (tertiary/aromatic N) is 1. The summed E-state index contributed by atoms with van der Waals surface area (Å²) in [5.74, 6) is 1.95. The highest BCUT2D eigenvalue weighted by Gasteiger charge is 2.35. The fourth-order valence-electron chi connectivity index (χ4n) is 3.00. The molecular formula is C23H18ClNO5S. The van der Waals surface area contributed by atoms with Gasteiger partial charge in [-0.1, -0.05) is 29.8 Å². The summed E-state index contributed by atoms with van der Waals surface area (Å²) in [6.45, 7) is 0.392. The molecule has 2 amide bonds. The Kier molecular flexibility index (Phi) is 6.34. The maximum Gasteiger partial charge on any atom is 0.293 e. The van der Waals surface area contributed by atoms with Crippen LogP contribution < -0.4 is 9.47 Å². The second-order valence-electron chi connectivity index (χ2n) is 6.55. The monoisotopic (exact) mass is 455 g/mol. The van der Waals surface area contributed by atoms with Gasteiger partial charge in [0.15, 0.2) is 0 Å². The largest absolute Gasteiger partial charge is 0.495 e. The molecule has 2 heterocycles. The van der Waals surface area contributed by atoms with E-state index < -0.39 is 0 Å². The van der Waals surface area contributed by atoms with E-state index in [0.29, 0.717) is 32.9 Å². The van der Waals surface area contributed by atoms with Gasteiger partial charge in [-0.25, -0.2) is 0 Å². The number of halogens is 1. The first-order valence-corrected chi connectivity index (χ1v) is 10.6. The third-order valence-corrected chi connectivity index (χ3v) is 5.74. The molecule has 2 aromatic carbocycles. The lowest BCUT2D eigenvalue weighted by Crippen LogP contribution is -2.32. The third-order valence-electron chi connectivity index (χ3n) is 4.54.